The predicted octanol–water partition coefficient (Wildman–Crippen LogP) is 10.1. The van der Waals surface area contributed by atoms with Gasteiger partial charge in [-0.25, -0.2) is 9.97 Å². The quantitative estimate of drug-likeness (QED) is 0.120. The normalized spacial score (nSPS) is 18.2. The fraction of sp³-hybridized carbons (Fsp3) is 0.149. The van der Waals surface area contributed by atoms with Gasteiger partial charge in [0.25, 0.3) is 6.47 Å². The van der Waals surface area contributed by atoms with Crippen LogP contribution in [0.5, 0.6) is 0 Å². The lowest BCUT2D eigenvalue weighted by Gasteiger charge is -2.42. The maximum atomic E-state index is 12.7. The van der Waals surface area contributed by atoms with Gasteiger partial charge in [-0.05, 0) is 112 Å². The Labute approximate surface area is 305 Å². The zero-order valence-corrected chi connectivity index (χ0v) is 28.9. The first-order chi connectivity index (χ1) is 26.0. The largest absolute Gasteiger partial charge is 0.481 e. The molecule has 2 heterocycles. The topological polar surface area (TPSA) is 89.4 Å². The number of aliphatic carboxylic acids is 1. The van der Waals surface area contributed by atoms with Crippen LogP contribution < -0.4 is 0 Å². The van der Waals surface area contributed by atoms with E-state index in [2.05, 4.69) is 84.9 Å². The van der Waals surface area contributed by atoms with Crippen LogP contribution in [0.3, 0.4) is 0 Å². The van der Waals surface area contributed by atoms with Crippen molar-refractivity contribution in [2.45, 2.75) is 36.5 Å². The lowest BCUT2D eigenvalue weighted by atomic mass is 9.60. The zero-order chi connectivity index (χ0) is 35.7. The van der Waals surface area contributed by atoms with Crippen molar-refractivity contribution in [3.63, 3.8) is 0 Å². The monoisotopic (exact) mass is 690 g/mol. The summed E-state index contributed by atoms with van der Waals surface area (Å²) in [5.74, 6) is -0.849. The van der Waals surface area contributed by atoms with Gasteiger partial charge in [-0.2, -0.15) is 0 Å². The van der Waals surface area contributed by atoms with Crippen molar-refractivity contribution in [1.29, 1.82) is 0 Å². The van der Waals surface area contributed by atoms with E-state index in [1.807, 2.05) is 48.5 Å². The van der Waals surface area contributed by atoms with Crippen LogP contribution in [-0.4, -0.2) is 34.1 Å². The first kappa shape index (κ1) is 31.3. The highest BCUT2D eigenvalue weighted by molar-refractivity contribution is 5.98. The molecule has 0 spiro atoms. The van der Waals surface area contributed by atoms with Gasteiger partial charge in [0.15, 0.2) is 0 Å². The number of carboxylic acid groups (broad SMARTS) is 1. The van der Waals surface area contributed by atoms with Gasteiger partial charge in [-0.15, -0.1) is 0 Å². The fourth-order valence-electron chi connectivity index (χ4n) is 9.54. The Balaban J connectivity index is 1.33. The molecule has 53 heavy (non-hydrogen) atoms. The van der Waals surface area contributed by atoms with Crippen molar-refractivity contribution in [2.24, 2.45) is 0 Å². The molecule has 2 aliphatic rings. The molecular formula is C47H34N2O4. The summed E-state index contributed by atoms with van der Waals surface area (Å²) in [6, 6.07) is 46.6. The number of aromatic nitrogens is 2. The maximum absolute atomic E-state index is 12.7. The highest BCUT2D eigenvalue weighted by Crippen LogP contribution is 2.62. The number of hydrogen-bond acceptors (Lipinski definition) is 5. The van der Waals surface area contributed by atoms with Crippen molar-refractivity contribution in [3.05, 3.63) is 156 Å². The summed E-state index contributed by atoms with van der Waals surface area (Å²) in [5.41, 5.74) is 8.49. The molecule has 0 bridgehead atoms. The van der Waals surface area contributed by atoms with E-state index in [1.165, 1.54) is 0 Å². The van der Waals surface area contributed by atoms with Gasteiger partial charge in [0.2, 0.25) is 0 Å². The van der Waals surface area contributed by atoms with Crippen LogP contribution in [0.15, 0.2) is 133 Å². The molecule has 2 aromatic heterocycles. The van der Waals surface area contributed by atoms with Gasteiger partial charge in [0.05, 0.1) is 29.0 Å². The van der Waals surface area contributed by atoms with Gasteiger partial charge in [-0.3, -0.25) is 9.59 Å². The molecule has 6 nitrogen and oxygen atoms in total. The number of carbonyl (C=O) groups excluding carboxylic acids is 1. The third-order valence-electron chi connectivity index (χ3n) is 11.9. The lowest BCUT2D eigenvalue weighted by Crippen LogP contribution is -2.39. The summed E-state index contributed by atoms with van der Waals surface area (Å²) in [4.78, 5) is 35.1. The molecule has 0 saturated heterocycles. The van der Waals surface area contributed by atoms with E-state index in [-0.39, 0.29) is 13.0 Å². The Morgan fingerprint density at radius 2 is 0.981 bits per heavy atom. The molecule has 0 fully saturated rings. The van der Waals surface area contributed by atoms with Crippen LogP contribution in [0.25, 0.3) is 65.9 Å². The Morgan fingerprint density at radius 1 is 0.566 bits per heavy atom. The molecule has 0 aliphatic heterocycles. The zero-order valence-electron chi connectivity index (χ0n) is 28.9. The van der Waals surface area contributed by atoms with Crippen LogP contribution in [0, 0.1) is 0 Å². The summed E-state index contributed by atoms with van der Waals surface area (Å²) >= 11 is 0. The smallest absolute Gasteiger partial charge is 0.303 e. The average Bonchev–Trinajstić information content (AvgIpc) is 3.58. The van der Waals surface area contributed by atoms with Crippen LogP contribution in [0.4, 0.5) is 0 Å². The first-order valence-electron chi connectivity index (χ1n) is 18.1. The molecule has 6 aromatic carbocycles. The second-order valence-corrected chi connectivity index (χ2v) is 14.6. The van der Waals surface area contributed by atoms with Crippen LogP contribution in [0.1, 0.15) is 47.9 Å². The minimum Gasteiger partial charge on any atom is -0.481 e. The lowest BCUT2D eigenvalue weighted by molar-refractivity contribution is -0.137. The van der Waals surface area contributed by atoms with E-state index in [1.54, 1.807) is 0 Å². The van der Waals surface area contributed by atoms with Crippen molar-refractivity contribution in [1.82, 2.24) is 9.97 Å². The third kappa shape index (κ3) is 4.71. The molecular weight excluding hydrogens is 657 g/mol. The summed E-state index contributed by atoms with van der Waals surface area (Å²) < 4.78 is 5.57. The van der Waals surface area contributed by atoms with Gasteiger partial charge in [0.1, 0.15) is 0 Å². The molecule has 256 valence electrons. The van der Waals surface area contributed by atoms with Gasteiger partial charge < -0.3 is 9.84 Å². The van der Waals surface area contributed by atoms with E-state index in [0.29, 0.717) is 25.7 Å². The highest BCUT2D eigenvalue weighted by atomic mass is 16.5. The molecule has 6 heteroatoms. The molecule has 0 amide bonds. The van der Waals surface area contributed by atoms with Crippen LogP contribution >= 0.6 is 0 Å². The van der Waals surface area contributed by atoms with E-state index in [0.717, 1.165) is 88.1 Å². The number of ether oxygens (including phenoxy) is 1. The number of para-hydroxylation sites is 2. The van der Waals surface area contributed by atoms with E-state index >= 15 is 0 Å². The van der Waals surface area contributed by atoms with Crippen molar-refractivity contribution in [2.75, 3.05) is 6.61 Å². The molecule has 2 atom stereocenters. The summed E-state index contributed by atoms with van der Waals surface area (Å²) in [7, 11) is 0. The number of hydrogen-bond donors (Lipinski definition) is 1. The number of rotatable bonds is 9. The third-order valence-corrected chi connectivity index (χ3v) is 11.9. The van der Waals surface area contributed by atoms with E-state index in [9.17, 15) is 14.7 Å². The standard InChI is InChI=1S/C47H34N2O4/c50-28-53-20-19-47(38-24-32-12-4-2-10-30(32)22-36(38)45-40(47)26-34-14-6-8-16-42(34)49-45)27-46(18-17-43(51)52)37-23-31-11-3-1-9-29(31)21-35(37)44-39(46)25-33-13-5-7-15-41(33)48-44/h1-16,21-26,28H,17-20,27H2,(H,51,52). The predicted molar refractivity (Wildman–Crippen MR) is 209 cm³/mol. The first-order valence-corrected chi connectivity index (χ1v) is 18.1. The van der Waals surface area contributed by atoms with Crippen molar-refractivity contribution >= 4 is 55.8 Å². The molecule has 0 saturated carbocycles. The summed E-state index contributed by atoms with van der Waals surface area (Å²) in [6.07, 6.45) is 1.33. The molecule has 10 rings (SSSR count). The number of fused-ring (bicyclic) bond motifs is 10. The van der Waals surface area contributed by atoms with Gasteiger partial charge >= 0.3 is 5.97 Å². The Hall–Kier alpha value is -6.40. The van der Waals surface area contributed by atoms with E-state index < -0.39 is 16.8 Å². The summed E-state index contributed by atoms with van der Waals surface area (Å²) in [6.45, 7) is 0.705. The van der Waals surface area contributed by atoms with E-state index in [4.69, 9.17) is 14.7 Å². The maximum Gasteiger partial charge on any atom is 0.303 e. The number of carbonyl (C=O) groups is 2. The average molecular weight is 691 g/mol. The number of nitrogens with zero attached hydrogens (tertiary/aromatic N) is 2. The fourth-order valence-corrected chi connectivity index (χ4v) is 9.54. The van der Waals surface area contributed by atoms with Gasteiger partial charge in [-0.1, -0.05) is 84.9 Å². The molecule has 1 N–H and O–H groups in total. The van der Waals surface area contributed by atoms with Gasteiger partial charge in [0, 0.05) is 39.2 Å². The van der Waals surface area contributed by atoms with Crippen molar-refractivity contribution in [3.8, 4) is 22.5 Å². The van der Waals surface area contributed by atoms with Crippen LogP contribution in [0.2, 0.25) is 0 Å². The molecule has 2 aliphatic carbocycles. The second kappa shape index (κ2) is 11.8. The Bertz CT molecular complexity index is 2650. The number of carboxylic acids is 1. The molecule has 8 aromatic rings. The number of pyridine rings is 2. The minimum absolute atomic E-state index is 0.0349. The minimum atomic E-state index is -0.849. The SMILES string of the molecule is O=COCCC1(CC2(CCC(=O)O)c3cc4ccccc4cc3-c3nc4ccccc4cc32)c2cc3ccccc3cc2-c2nc3ccccc3cc21. The molecule has 0 radical (unpaired) electrons. The Kier molecular flexibility index (Phi) is 6.99. The van der Waals surface area contributed by atoms with Crippen molar-refractivity contribution < 1.29 is 19.4 Å². The number of benzene rings is 6. The summed E-state index contributed by atoms with van der Waals surface area (Å²) in [5, 5.41) is 16.8. The van der Waals surface area contributed by atoms with Crippen LogP contribution in [-0.2, 0) is 25.2 Å². The molecule has 2 unspecified atom stereocenters. The highest BCUT2D eigenvalue weighted by Gasteiger charge is 2.54. The second-order valence-electron chi connectivity index (χ2n) is 14.6. The Morgan fingerprint density at radius 3 is 1.45 bits per heavy atom.